The molecular weight excluding hydrogens is 454 g/mol. The Hall–Kier alpha value is -3.09. The lowest BCUT2D eigenvalue weighted by Crippen LogP contribution is -2.12. The molecule has 0 aliphatic rings. The van der Waals surface area contributed by atoms with E-state index < -0.39 is 29.4 Å². The SMILES string of the molecule is CC(=O)C(CC(C)C)c1cc(-c2ccc(C(F)(F)F)cc2)cc(-c2ccccc2C(F)(F)F)c1. The van der Waals surface area contributed by atoms with E-state index in [-0.39, 0.29) is 22.8 Å². The Balaban J connectivity index is 2.24. The van der Waals surface area contributed by atoms with Crippen LogP contribution in [-0.4, -0.2) is 5.78 Å². The lowest BCUT2D eigenvalue weighted by molar-refractivity contribution is -0.138. The van der Waals surface area contributed by atoms with E-state index in [0.717, 1.165) is 18.2 Å². The number of hydrogen-bond acceptors (Lipinski definition) is 1. The topological polar surface area (TPSA) is 17.1 Å². The fraction of sp³-hybridized carbons (Fsp3) is 0.296. The Kier molecular flexibility index (Phi) is 7.24. The van der Waals surface area contributed by atoms with Gasteiger partial charge >= 0.3 is 12.4 Å². The van der Waals surface area contributed by atoms with E-state index in [1.165, 1.54) is 43.3 Å². The molecule has 0 aromatic heterocycles. The van der Waals surface area contributed by atoms with E-state index in [0.29, 0.717) is 23.1 Å². The molecule has 0 amide bonds. The zero-order valence-corrected chi connectivity index (χ0v) is 18.9. The van der Waals surface area contributed by atoms with E-state index >= 15 is 0 Å². The van der Waals surface area contributed by atoms with Crippen molar-refractivity contribution >= 4 is 5.78 Å². The van der Waals surface area contributed by atoms with Crippen LogP contribution in [0.2, 0.25) is 0 Å². The molecule has 3 rings (SSSR count). The van der Waals surface area contributed by atoms with Crippen LogP contribution in [0.1, 0.15) is 49.8 Å². The first-order valence-corrected chi connectivity index (χ1v) is 10.8. The maximum Gasteiger partial charge on any atom is 0.417 e. The van der Waals surface area contributed by atoms with Gasteiger partial charge in [0.1, 0.15) is 5.78 Å². The van der Waals surface area contributed by atoms with Crippen molar-refractivity contribution in [2.45, 2.75) is 45.5 Å². The molecule has 1 nitrogen and oxygen atoms in total. The van der Waals surface area contributed by atoms with Crippen LogP contribution in [0.4, 0.5) is 26.3 Å². The Labute approximate surface area is 194 Å². The molecule has 1 unspecified atom stereocenters. The molecule has 180 valence electrons. The maximum atomic E-state index is 13.7. The standard InChI is InChI=1S/C27H24F6O/c1-16(2)12-24(17(3)34)21-14-19(18-8-10-22(11-9-18)26(28,29)30)13-20(15-21)23-6-4-5-7-25(23)27(31,32)33/h4-11,13-16,24H,12H2,1-3H3. The van der Waals surface area contributed by atoms with Gasteiger partial charge < -0.3 is 0 Å². The van der Waals surface area contributed by atoms with Crippen LogP contribution in [0.5, 0.6) is 0 Å². The second kappa shape index (κ2) is 9.65. The van der Waals surface area contributed by atoms with Gasteiger partial charge in [-0.3, -0.25) is 4.79 Å². The Morgan fingerprint density at radius 3 is 1.88 bits per heavy atom. The van der Waals surface area contributed by atoms with Crippen LogP contribution in [-0.2, 0) is 17.1 Å². The Morgan fingerprint density at radius 2 is 1.35 bits per heavy atom. The number of carbonyl (C=O) groups excluding carboxylic acids is 1. The zero-order chi connectivity index (χ0) is 25.3. The lowest BCUT2D eigenvalue weighted by atomic mass is 9.84. The van der Waals surface area contributed by atoms with Gasteiger partial charge in [0.25, 0.3) is 0 Å². The minimum Gasteiger partial charge on any atom is -0.299 e. The summed E-state index contributed by atoms with van der Waals surface area (Å²) in [6.45, 7) is 5.31. The number of Topliss-reactive ketones (excluding diaryl/α,β-unsaturated/α-hetero) is 1. The first-order valence-electron chi connectivity index (χ1n) is 10.8. The van der Waals surface area contributed by atoms with Gasteiger partial charge in [-0.25, -0.2) is 0 Å². The van der Waals surface area contributed by atoms with Gasteiger partial charge in [-0.15, -0.1) is 0 Å². The van der Waals surface area contributed by atoms with Crippen LogP contribution in [0.25, 0.3) is 22.3 Å². The van der Waals surface area contributed by atoms with Gasteiger partial charge in [0.15, 0.2) is 0 Å². The van der Waals surface area contributed by atoms with Crippen LogP contribution in [0.3, 0.4) is 0 Å². The third-order valence-corrected chi connectivity index (χ3v) is 5.64. The Bertz CT molecular complexity index is 1160. The van der Waals surface area contributed by atoms with Crippen molar-refractivity contribution < 1.29 is 31.1 Å². The third-order valence-electron chi connectivity index (χ3n) is 5.64. The molecule has 7 heteroatoms. The highest BCUT2D eigenvalue weighted by molar-refractivity contribution is 5.85. The minimum absolute atomic E-state index is 0.0585. The van der Waals surface area contributed by atoms with E-state index in [2.05, 4.69) is 0 Å². The highest BCUT2D eigenvalue weighted by Gasteiger charge is 2.34. The van der Waals surface area contributed by atoms with Crippen molar-refractivity contribution in [3.63, 3.8) is 0 Å². The average molecular weight is 478 g/mol. The highest BCUT2D eigenvalue weighted by Crippen LogP contribution is 2.40. The molecular formula is C27H24F6O. The zero-order valence-electron chi connectivity index (χ0n) is 18.9. The summed E-state index contributed by atoms with van der Waals surface area (Å²) in [7, 11) is 0. The fourth-order valence-electron chi connectivity index (χ4n) is 4.02. The molecule has 0 aliphatic carbocycles. The first kappa shape index (κ1) is 25.5. The fourth-order valence-corrected chi connectivity index (χ4v) is 4.02. The second-order valence-corrected chi connectivity index (χ2v) is 8.75. The number of halogens is 6. The number of carbonyl (C=O) groups is 1. The summed E-state index contributed by atoms with van der Waals surface area (Å²) in [4.78, 5) is 12.5. The highest BCUT2D eigenvalue weighted by atomic mass is 19.4. The van der Waals surface area contributed by atoms with Crippen LogP contribution in [0, 0.1) is 5.92 Å². The molecule has 0 N–H and O–H groups in total. The smallest absolute Gasteiger partial charge is 0.299 e. The van der Waals surface area contributed by atoms with Gasteiger partial charge in [0.2, 0.25) is 0 Å². The lowest BCUT2D eigenvalue weighted by Gasteiger charge is -2.20. The molecule has 0 spiro atoms. The van der Waals surface area contributed by atoms with E-state index in [4.69, 9.17) is 0 Å². The molecule has 3 aromatic rings. The summed E-state index contributed by atoms with van der Waals surface area (Å²) in [5, 5.41) is 0. The quantitative estimate of drug-likeness (QED) is 0.324. The summed E-state index contributed by atoms with van der Waals surface area (Å²) in [6, 6.07) is 14.3. The summed E-state index contributed by atoms with van der Waals surface area (Å²) in [5.74, 6) is -0.533. The first-order chi connectivity index (χ1) is 15.8. The van der Waals surface area contributed by atoms with Crippen molar-refractivity contribution in [2.24, 2.45) is 5.92 Å². The predicted octanol–water partition coefficient (Wildman–Crippen LogP) is 8.78. The Morgan fingerprint density at radius 1 is 0.765 bits per heavy atom. The van der Waals surface area contributed by atoms with Crippen molar-refractivity contribution in [3.8, 4) is 22.3 Å². The van der Waals surface area contributed by atoms with Crippen LogP contribution < -0.4 is 0 Å². The van der Waals surface area contributed by atoms with E-state index in [9.17, 15) is 31.1 Å². The van der Waals surface area contributed by atoms with Gasteiger partial charge in [-0.1, -0.05) is 56.3 Å². The van der Waals surface area contributed by atoms with Gasteiger partial charge in [-0.05, 0) is 71.3 Å². The van der Waals surface area contributed by atoms with Crippen molar-refractivity contribution in [3.05, 3.63) is 83.4 Å². The number of benzene rings is 3. The van der Waals surface area contributed by atoms with Gasteiger partial charge in [0.05, 0.1) is 11.1 Å². The van der Waals surface area contributed by atoms with Gasteiger partial charge in [-0.2, -0.15) is 26.3 Å². The molecule has 34 heavy (non-hydrogen) atoms. The molecule has 0 bridgehead atoms. The van der Waals surface area contributed by atoms with Crippen LogP contribution in [0.15, 0.2) is 66.7 Å². The molecule has 0 saturated heterocycles. The normalized spacial score (nSPS) is 13.2. The monoisotopic (exact) mass is 478 g/mol. The number of rotatable bonds is 6. The molecule has 3 aromatic carbocycles. The number of ketones is 1. The molecule has 0 fully saturated rings. The van der Waals surface area contributed by atoms with Crippen molar-refractivity contribution in [1.82, 2.24) is 0 Å². The van der Waals surface area contributed by atoms with E-state index in [1.54, 1.807) is 12.1 Å². The predicted molar refractivity (Wildman–Crippen MR) is 120 cm³/mol. The molecule has 0 radical (unpaired) electrons. The molecule has 1 atom stereocenters. The average Bonchev–Trinajstić information content (AvgIpc) is 2.76. The van der Waals surface area contributed by atoms with E-state index in [1.807, 2.05) is 13.8 Å². The summed E-state index contributed by atoms with van der Waals surface area (Å²) in [6.07, 6.45) is -8.61. The molecule has 0 heterocycles. The molecule has 0 aliphatic heterocycles. The number of alkyl halides is 6. The third kappa shape index (κ3) is 5.88. The van der Waals surface area contributed by atoms with Crippen molar-refractivity contribution in [1.29, 1.82) is 0 Å². The second-order valence-electron chi connectivity index (χ2n) is 8.75. The van der Waals surface area contributed by atoms with Crippen molar-refractivity contribution in [2.75, 3.05) is 0 Å². The number of hydrogen-bond donors (Lipinski definition) is 0. The maximum absolute atomic E-state index is 13.7. The molecule has 0 saturated carbocycles. The van der Waals surface area contributed by atoms with Crippen LogP contribution >= 0.6 is 0 Å². The summed E-state index contributed by atoms with van der Waals surface area (Å²) in [5.41, 5.74) is -0.0800. The van der Waals surface area contributed by atoms with Gasteiger partial charge in [0, 0.05) is 5.92 Å². The minimum atomic E-state index is -4.60. The summed E-state index contributed by atoms with van der Waals surface area (Å²) >= 11 is 0. The summed E-state index contributed by atoms with van der Waals surface area (Å²) < 4.78 is 80.1. The largest absolute Gasteiger partial charge is 0.417 e.